The first-order valence-electron chi connectivity index (χ1n) is 6.45. The molecule has 1 atom stereocenters. The maximum atomic E-state index is 11.9. The molecule has 6 heteroatoms. The van der Waals surface area contributed by atoms with E-state index in [9.17, 15) is 9.59 Å². The van der Waals surface area contributed by atoms with Crippen molar-refractivity contribution in [3.05, 3.63) is 12.2 Å². The Balaban J connectivity index is 4.78. The molecule has 0 aliphatic rings. The molecule has 5 nitrogen and oxygen atoms in total. The number of hydrogen-bond donors (Lipinski definition) is 1. The van der Waals surface area contributed by atoms with Gasteiger partial charge in [0, 0.05) is 5.33 Å². The molecule has 0 aliphatic heterocycles. The van der Waals surface area contributed by atoms with E-state index in [-0.39, 0.29) is 0 Å². The Bertz CT molecular complexity index is 363. The van der Waals surface area contributed by atoms with Gasteiger partial charge in [0.2, 0.25) is 0 Å². The van der Waals surface area contributed by atoms with Crippen LogP contribution in [-0.4, -0.2) is 35.6 Å². The summed E-state index contributed by atoms with van der Waals surface area (Å²) in [6, 6.07) is 0. The second-order valence-corrected chi connectivity index (χ2v) is 6.40. The number of esters is 1. The Kier molecular flexibility index (Phi) is 7.86. The van der Waals surface area contributed by atoms with Gasteiger partial charge in [-0.1, -0.05) is 28.1 Å². The van der Waals surface area contributed by atoms with Crippen LogP contribution in [0, 0.1) is 0 Å². The van der Waals surface area contributed by atoms with Crippen molar-refractivity contribution in [1.82, 2.24) is 5.32 Å². The number of nitrogens with one attached hydrogen (secondary N) is 1. The topological polar surface area (TPSA) is 64.6 Å². The Morgan fingerprint density at radius 3 is 2.25 bits per heavy atom. The molecule has 0 spiro atoms. The first kappa shape index (κ1) is 19.0. The first-order valence-corrected chi connectivity index (χ1v) is 7.57. The molecule has 116 valence electrons. The number of ether oxygens (including phenoxy) is 2. The molecule has 0 bridgehead atoms. The largest absolute Gasteiger partial charge is 0.467 e. The smallest absolute Gasteiger partial charge is 0.408 e. The van der Waals surface area contributed by atoms with E-state index in [2.05, 4.69) is 21.2 Å². The lowest BCUT2D eigenvalue weighted by molar-refractivity contribution is -0.147. The lowest BCUT2D eigenvalue weighted by atomic mass is 9.97. The Morgan fingerprint density at radius 1 is 1.20 bits per heavy atom. The number of amides is 1. The van der Waals surface area contributed by atoms with Crippen LogP contribution in [-0.2, 0) is 14.3 Å². The molecule has 1 amide bonds. The standard InChI is InChI=1S/C14H24BrNO4/c1-13(2,3)20-12(18)16-14(4,11(17)19-5)9-7-6-8-10-15/h6-7H,8-10H2,1-5H3,(H,16,18)/b7-6+. The van der Waals surface area contributed by atoms with Gasteiger partial charge < -0.3 is 14.8 Å². The van der Waals surface area contributed by atoms with Crippen molar-refractivity contribution in [2.45, 2.75) is 51.7 Å². The van der Waals surface area contributed by atoms with E-state index in [1.54, 1.807) is 27.7 Å². The molecule has 0 heterocycles. The van der Waals surface area contributed by atoms with E-state index >= 15 is 0 Å². The van der Waals surface area contributed by atoms with E-state index < -0.39 is 23.2 Å². The van der Waals surface area contributed by atoms with E-state index in [1.165, 1.54) is 7.11 Å². The third-order valence-electron chi connectivity index (χ3n) is 2.38. The number of hydrogen-bond acceptors (Lipinski definition) is 4. The van der Waals surface area contributed by atoms with Crippen molar-refractivity contribution in [3.8, 4) is 0 Å². The summed E-state index contributed by atoms with van der Waals surface area (Å²) in [4.78, 5) is 23.7. The molecule has 0 aliphatic carbocycles. The minimum atomic E-state index is -1.14. The number of carbonyl (C=O) groups is 2. The fourth-order valence-electron chi connectivity index (χ4n) is 1.44. The molecule has 0 aromatic heterocycles. The van der Waals surface area contributed by atoms with Crippen molar-refractivity contribution >= 4 is 28.0 Å². The highest BCUT2D eigenvalue weighted by Gasteiger charge is 2.36. The number of alkyl carbamates (subject to hydrolysis) is 1. The van der Waals surface area contributed by atoms with Crippen molar-refractivity contribution in [1.29, 1.82) is 0 Å². The third kappa shape index (κ3) is 7.53. The zero-order chi connectivity index (χ0) is 15.8. The van der Waals surface area contributed by atoms with Gasteiger partial charge in [0.1, 0.15) is 11.1 Å². The molecule has 0 aromatic rings. The summed E-state index contributed by atoms with van der Waals surface area (Å²) in [6.07, 6.45) is 4.33. The molecule has 0 aromatic carbocycles. The van der Waals surface area contributed by atoms with Gasteiger partial charge in [-0.2, -0.15) is 0 Å². The quantitative estimate of drug-likeness (QED) is 0.454. The second-order valence-electron chi connectivity index (χ2n) is 5.60. The molecule has 0 saturated carbocycles. The van der Waals surface area contributed by atoms with Gasteiger partial charge in [0.25, 0.3) is 0 Å². The van der Waals surface area contributed by atoms with Crippen LogP contribution in [0.2, 0.25) is 0 Å². The zero-order valence-corrected chi connectivity index (χ0v) is 14.4. The molecular weight excluding hydrogens is 326 g/mol. The third-order valence-corrected chi connectivity index (χ3v) is 2.84. The van der Waals surface area contributed by atoms with E-state index in [1.807, 2.05) is 12.2 Å². The van der Waals surface area contributed by atoms with Crippen molar-refractivity contribution in [2.24, 2.45) is 0 Å². The molecule has 1 unspecified atom stereocenters. The van der Waals surface area contributed by atoms with Crippen LogP contribution < -0.4 is 5.32 Å². The zero-order valence-electron chi connectivity index (χ0n) is 12.8. The Morgan fingerprint density at radius 2 is 1.80 bits per heavy atom. The summed E-state index contributed by atoms with van der Waals surface area (Å²) in [7, 11) is 1.29. The minimum Gasteiger partial charge on any atom is -0.467 e. The molecule has 0 saturated heterocycles. The summed E-state index contributed by atoms with van der Waals surface area (Å²) in [5, 5.41) is 3.42. The van der Waals surface area contributed by atoms with Gasteiger partial charge in [-0.05, 0) is 40.5 Å². The predicted octanol–water partition coefficient (Wildman–Crippen LogP) is 3.17. The van der Waals surface area contributed by atoms with Crippen LogP contribution >= 0.6 is 15.9 Å². The van der Waals surface area contributed by atoms with Crippen LogP contribution in [0.1, 0.15) is 40.5 Å². The number of allylic oxidation sites excluding steroid dienone is 1. The van der Waals surface area contributed by atoms with Gasteiger partial charge in [-0.3, -0.25) is 0 Å². The number of rotatable bonds is 6. The average molecular weight is 350 g/mol. The number of alkyl halides is 1. The van der Waals surface area contributed by atoms with Gasteiger partial charge in [-0.25, -0.2) is 9.59 Å². The van der Waals surface area contributed by atoms with Crippen LogP contribution in [0.5, 0.6) is 0 Å². The average Bonchev–Trinajstić information content (AvgIpc) is 2.31. The lowest BCUT2D eigenvalue weighted by Crippen LogP contribution is -2.53. The van der Waals surface area contributed by atoms with E-state index in [0.717, 1.165) is 11.8 Å². The maximum Gasteiger partial charge on any atom is 0.408 e. The first-order chi connectivity index (χ1) is 9.14. The van der Waals surface area contributed by atoms with E-state index in [0.29, 0.717) is 6.42 Å². The summed E-state index contributed by atoms with van der Waals surface area (Å²) in [6.45, 7) is 6.90. The highest BCUT2D eigenvalue weighted by Crippen LogP contribution is 2.15. The molecular formula is C14H24BrNO4. The Hall–Kier alpha value is -1.04. The summed E-state index contributed by atoms with van der Waals surface area (Å²) in [5.74, 6) is -0.508. The molecule has 1 N–H and O–H groups in total. The highest BCUT2D eigenvalue weighted by atomic mass is 79.9. The molecule has 0 fully saturated rings. The Labute approximate surface area is 129 Å². The number of carbonyl (C=O) groups excluding carboxylic acids is 2. The second kappa shape index (κ2) is 8.29. The van der Waals surface area contributed by atoms with Crippen LogP contribution in [0.4, 0.5) is 4.79 Å². The summed E-state index contributed by atoms with van der Waals surface area (Å²) >= 11 is 3.31. The highest BCUT2D eigenvalue weighted by molar-refractivity contribution is 9.09. The predicted molar refractivity (Wildman–Crippen MR) is 82.0 cm³/mol. The summed E-state index contributed by atoms with van der Waals surface area (Å²) in [5.41, 5.74) is -1.76. The molecule has 0 radical (unpaired) electrons. The van der Waals surface area contributed by atoms with Gasteiger partial charge in [-0.15, -0.1) is 0 Å². The number of methoxy groups -OCH3 is 1. The fourth-order valence-corrected chi connectivity index (χ4v) is 1.70. The van der Waals surface area contributed by atoms with Crippen LogP contribution in [0.15, 0.2) is 12.2 Å². The van der Waals surface area contributed by atoms with Crippen LogP contribution in [0.25, 0.3) is 0 Å². The number of halogens is 1. The molecule has 20 heavy (non-hydrogen) atoms. The maximum absolute atomic E-state index is 11.9. The van der Waals surface area contributed by atoms with Crippen molar-refractivity contribution < 1.29 is 19.1 Å². The van der Waals surface area contributed by atoms with Gasteiger partial charge in [0.15, 0.2) is 0 Å². The van der Waals surface area contributed by atoms with Crippen molar-refractivity contribution in [3.63, 3.8) is 0 Å². The minimum absolute atomic E-state index is 0.339. The van der Waals surface area contributed by atoms with E-state index in [4.69, 9.17) is 9.47 Å². The molecule has 0 rings (SSSR count). The van der Waals surface area contributed by atoms with Crippen LogP contribution in [0.3, 0.4) is 0 Å². The lowest BCUT2D eigenvalue weighted by Gasteiger charge is -2.28. The summed E-state index contributed by atoms with van der Waals surface area (Å²) < 4.78 is 9.92. The van der Waals surface area contributed by atoms with Crippen molar-refractivity contribution in [2.75, 3.05) is 12.4 Å². The monoisotopic (exact) mass is 349 g/mol. The SMILES string of the molecule is COC(=O)C(C)(C/C=C/CCBr)NC(=O)OC(C)(C)C. The normalized spacial score (nSPS) is 14.7. The fraction of sp³-hybridized carbons (Fsp3) is 0.714. The van der Waals surface area contributed by atoms with Gasteiger partial charge in [0.05, 0.1) is 7.11 Å². The van der Waals surface area contributed by atoms with Gasteiger partial charge >= 0.3 is 12.1 Å².